The maximum atomic E-state index is 10.4. The van der Waals surface area contributed by atoms with Crippen molar-refractivity contribution in [3.05, 3.63) is 29.8 Å². The minimum absolute atomic E-state index is 0.228. The van der Waals surface area contributed by atoms with Crippen molar-refractivity contribution in [1.82, 2.24) is 0 Å². The van der Waals surface area contributed by atoms with Gasteiger partial charge in [0.1, 0.15) is 6.10 Å². The van der Waals surface area contributed by atoms with Gasteiger partial charge in [0.2, 0.25) is 0 Å². The molecule has 14 heavy (non-hydrogen) atoms. The van der Waals surface area contributed by atoms with Crippen LogP contribution in [0.25, 0.3) is 0 Å². The molecular formula is C10H14N2O2. The summed E-state index contributed by atoms with van der Waals surface area (Å²) in [5.41, 5.74) is 12.2. The number of carbonyl (C=O) groups is 1. The zero-order valence-electron chi connectivity index (χ0n) is 8.07. The molecule has 0 aliphatic heterocycles. The van der Waals surface area contributed by atoms with Crippen LogP contribution in [0.5, 0.6) is 0 Å². The number of amides is 1. The lowest BCUT2D eigenvalue weighted by Crippen LogP contribution is -2.21. The summed E-state index contributed by atoms with van der Waals surface area (Å²) in [6.07, 6.45) is -0.357. The fourth-order valence-corrected chi connectivity index (χ4v) is 1.29. The standard InChI is InChI=1S/C10H14N2O2/c1-7(14-10(12)13)5-8-3-2-4-9(11)6-8/h2-4,6-7H,5,11H2,1H3,(H2,12,13). The highest BCUT2D eigenvalue weighted by molar-refractivity contribution is 5.64. The molecule has 76 valence electrons. The van der Waals surface area contributed by atoms with Crippen LogP contribution >= 0.6 is 0 Å². The molecule has 0 aromatic heterocycles. The lowest BCUT2D eigenvalue weighted by Gasteiger charge is -2.11. The van der Waals surface area contributed by atoms with Crippen molar-refractivity contribution < 1.29 is 9.53 Å². The Kier molecular flexibility index (Phi) is 3.34. The predicted octanol–water partition coefficient (Wildman–Crippen LogP) is 1.30. The summed E-state index contributed by atoms with van der Waals surface area (Å²) in [6.45, 7) is 1.79. The van der Waals surface area contributed by atoms with Crippen molar-refractivity contribution >= 4 is 11.8 Å². The highest BCUT2D eigenvalue weighted by Gasteiger charge is 2.06. The van der Waals surface area contributed by atoms with E-state index in [1.807, 2.05) is 24.3 Å². The first-order valence-corrected chi connectivity index (χ1v) is 4.38. The van der Waals surface area contributed by atoms with Crippen LogP contribution in [0.15, 0.2) is 24.3 Å². The summed E-state index contributed by atoms with van der Waals surface area (Å²) in [7, 11) is 0. The van der Waals surface area contributed by atoms with Gasteiger partial charge in [-0.25, -0.2) is 4.79 Å². The molecule has 1 aromatic carbocycles. The number of ether oxygens (including phenoxy) is 1. The van der Waals surface area contributed by atoms with Crippen molar-refractivity contribution in [3.63, 3.8) is 0 Å². The van der Waals surface area contributed by atoms with Crippen LogP contribution in [0.4, 0.5) is 10.5 Å². The summed E-state index contributed by atoms with van der Waals surface area (Å²) in [4.78, 5) is 10.4. The Morgan fingerprint density at radius 1 is 1.57 bits per heavy atom. The average molecular weight is 194 g/mol. The molecule has 4 N–H and O–H groups in total. The van der Waals surface area contributed by atoms with E-state index in [1.54, 1.807) is 6.92 Å². The maximum Gasteiger partial charge on any atom is 0.404 e. The number of primary amides is 1. The van der Waals surface area contributed by atoms with E-state index in [9.17, 15) is 4.79 Å². The van der Waals surface area contributed by atoms with E-state index in [4.69, 9.17) is 16.2 Å². The number of rotatable bonds is 3. The SMILES string of the molecule is CC(Cc1cccc(N)c1)OC(N)=O. The number of hydrogen-bond acceptors (Lipinski definition) is 3. The highest BCUT2D eigenvalue weighted by atomic mass is 16.6. The molecule has 0 fully saturated rings. The number of carbonyl (C=O) groups excluding carboxylic acids is 1. The van der Waals surface area contributed by atoms with Crippen molar-refractivity contribution in [2.24, 2.45) is 5.73 Å². The van der Waals surface area contributed by atoms with Gasteiger partial charge < -0.3 is 16.2 Å². The summed E-state index contributed by atoms with van der Waals surface area (Å²) < 4.78 is 4.79. The Labute approximate surface area is 82.8 Å². The average Bonchev–Trinajstić information content (AvgIpc) is 2.01. The number of hydrogen-bond donors (Lipinski definition) is 2. The number of benzene rings is 1. The first kappa shape index (κ1) is 10.4. The van der Waals surface area contributed by atoms with Gasteiger partial charge in [-0.3, -0.25) is 0 Å². The molecule has 0 aliphatic rings. The molecule has 1 aromatic rings. The van der Waals surface area contributed by atoms with Crippen LogP contribution in [0.2, 0.25) is 0 Å². The smallest absolute Gasteiger partial charge is 0.404 e. The number of nitrogen functional groups attached to an aromatic ring is 1. The number of nitrogens with two attached hydrogens (primary N) is 2. The molecule has 0 radical (unpaired) electrons. The van der Waals surface area contributed by atoms with Crippen molar-refractivity contribution in [1.29, 1.82) is 0 Å². The van der Waals surface area contributed by atoms with Gasteiger partial charge in [0.25, 0.3) is 0 Å². The van der Waals surface area contributed by atoms with Crippen LogP contribution in [-0.4, -0.2) is 12.2 Å². The quantitative estimate of drug-likeness (QED) is 0.712. The Hall–Kier alpha value is -1.71. The predicted molar refractivity (Wildman–Crippen MR) is 54.7 cm³/mol. The fraction of sp³-hybridized carbons (Fsp3) is 0.300. The molecule has 0 saturated heterocycles. The van der Waals surface area contributed by atoms with E-state index in [1.165, 1.54) is 0 Å². The van der Waals surface area contributed by atoms with Gasteiger partial charge in [-0.05, 0) is 24.6 Å². The third kappa shape index (κ3) is 3.35. The second kappa shape index (κ2) is 4.50. The van der Waals surface area contributed by atoms with Gasteiger partial charge in [0.15, 0.2) is 0 Å². The molecule has 0 saturated carbocycles. The van der Waals surface area contributed by atoms with Gasteiger partial charge in [-0.15, -0.1) is 0 Å². The zero-order valence-corrected chi connectivity index (χ0v) is 8.07. The maximum absolute atomic E-state index is 10.4. The Morgan fingerprint density at radius 2 is 2.29 bits per heavy atom. The Morgan fingerprint density at radius 3 is 2.86 bits per heavy atom. The first-order chi connectivity index (χ1) is 6.58. The minimum Gasteiger partial charge on any atom is -0.446 e. The van der Waals surface area contributed by atoms with Crippen LogP contribution in [0.3, 0.4) is 0 Å². The summed E-state index contributed by atoms with van der Waals surface area (Å²) in [5, 5.41) is 0. The molecule has 1 amide bonds. The number of anilines is 1. The molecule has 1 rings (SSSR count). The van der Waals surface area contributed by atoms with Crippen molar-refractivity contribution in [3.8, 4) is 0 Å². The van der Waals surface area contributed by atoms with Crippen LogP contribution < -0.4 is 11.5 Å². The Bertz CT molecular complexity index is 326. The molecular weight excluding hydrogens is 180 g/mol. The van der Waals surface area contributed by atoms with E-state index in [0.717, 1.165) is 5.56 Å². The fourth-order valence-electron chi connectivity index (χ4n) is 1.29. The zero-order chi connectivity index (χ0) is 10.6. The summed E-state index contributed by atoms with van der Waals surface area (Å²) >= 11 is 0. The van der Waals surface area contributed by atoms with Gasteiger partial charge in [-0.1, -0.05) is 12.1 Å². The molecule has 4 nitrogen and oxygen atoms in total. The van der Waals surface area contributed by atoms with Gasteiger partial charge in [0.05, 0.1) is 0 Å². The van der Waals surface area contributed by atoms with E-state index in [-0.39, 0.29) is 6.10 Å². The van der Waals surface area contributed by atoms with Gasteiger partial charge in [0, 0.05) is 12.1 Å². The van der Waals surface area contributed by atoms with E-state index < -0.39 is 6.09 Å². The molecule has 0 spiro atoms. The molecule has 1 unspecified atom stereocenters. The topological polar surface area (TPSA) is 78.3 Å². The first-order valence-electron chi connectivity index (χ1n) is 4.38. The largest absolute Gasteiger partial charge is 0.446 e. The minimum atomic E-state index is -0.749. The van der Waals surface area contributed by atoms with Crippen LogP contribution in [0, 0.1) is 0 Å². The van der Waals surface area contributed by atoms with Crippen LogP contribution in [-0.2, 0) is 11.2 Å². The monoisotopic (exact) mass is 194 g/mol. The molecule has 1 atom stereocenters. The van der Waals surface area contributed by atoms with E-state index in [0.29, 0.717) is 12.1 Å². The lowest BCUT2D eigenvalue weighted by molar-refractivity contribution is 0.116. The van der Waals surface area contributed by atoms with Gasteiger partial charge in [-0.2, -0.15) is 0 Å². The highest BCUT2D eigenvalue weighted by Crippen LogP contribution is 2.10. The molecule has 0 aliphatic carbocycles. The summed E-state index contributed by atoms with van der Waals surface area (Å²) in [5.74, 6) is 0. The summed E-state index contributed by atoms with van der Waals surface area (Å²) in [6, 6.07) is 7.45. The third-order valence-electron chi connectivity index (χ3n) is 1.79. The van der Waals surface area contributed by atoms with E-state index >= 15 is 0 Å². The second-order valence-electron chi connectivity index (χ2n) is 3.20. The third-order valence-corrected chi connectivity index (χ3v) is 1.79. The molecule has 0 heterocycles. The van der Waals surface area contributed by atoms with Gasteiger partial charge >= 0.3 is 6.09 Å². The van der Waals surface area contributed by atoms with Crippen LogP contribution in [0.1, 0.15) is 12.5 Å². The Balaban J connectivity index is 2.55. The molecule has 0 bridgehead atoms. The van der Waals surface area contributed by atoms with E-state index in [2.05, 4.69) is 0 Å². The lowest BCUT2D eigenvalue weighted by atomic mass is 10.1. The normalized spacial score (nSPS) is 12.1. The molecule has 4 heteroatoms. The van der Waals surface area contributed by atoms with Crippen molar-refractivity contribution in [2.45, 2.75) is 19.4 Å². The van der Waals surface area contributed by atoms with Crippen molar-refractivity contribution in [2.75, 3.05) is 5.73 Å². The second-order valence-corrected chi connectivity index (χ2v) is 3.20.